The summed E-state index contributed by atoms with van der Waals surface area (Å²) in [5.41, 5.74) is 6.96. The SMILES string of the molecule is NC1CCC(=O)NC1c1cc(Cl)c2c(c1)OCCCO2. The van der Waals surface area contributed by atoms with Crippen LogP contribution in [0.15, 0.2) is 12.1 Å². The lowest BCUT2D eigenvalue weighted by Crippen LogP contribution is -2.45. The van der Waals surface area contributed by atoms with Crippen molar-refractivity contribution in [2.75, 3.05) is 13.2 Å². The smallest absolute Gasteiger partial charge is 0.220 e. The molecule has 0 aliphatic carbocycles. The molecule has 1 saturated heterocycles. The lowest BCUT2D eigenvalue weighted by molar-refractivity contribution is -0.123. The van der Waals surface area contributed by atoms with E-state index in [9.17, 15) is 4.79 Å². The van der Waals surface area contributed by atoms with E-state index in [0.29, 0.717) is 42.6 Å². The number of nitrogens with two attached hydrogens (primary N) is 1. The molecule has 3 N–H and O–H groups in total. The molecule has 1 amide bonds. The van der Waals surface area contributed by atoms with Crippen molar-refractivity contribution in [3.8, 4) is 11.5 Å². The van der Waals surface area contributed by atoms with E-state index in [1.165, 1.54) is 0 Å². The molecule has 2 aliphatic rings. The quantitative estimate of drug-likeness (QED) is 0.828. The fourth-order valence-electron chi connectivity index (χ4n) is 2.58. The predicted octanol–water partition coefficient (Wildman–Crippen LogP) is 1.78. The minimum absolute atomic E-state index is 0.0138. The zero-order valence-corrected chi connectivity index (χ0v) is 11.8. The summed E-state index contributed by atoms with van der Waals surface area (Å²) in [6, 6.07) is 3.31. The maximum absolute atomic E-state index is 11.6. The molecule has 6 heteroatoms. The number of piperidine rings is 1. The molecule has 2 aliphatic heterocycles. The minimum Gasteiger partial charge on any atom is -0.489 e. The third kappa shape index (κ3) is 2.55. The Bertz CT molecular complexity index is 535. The van der Waals surface area contributed by atoms with Crippen LogP contribution in [-0.2, 0) is 4.79 Å². The fourth-order valence-corrected chi connectivity index (χ4v) is 2.85. The van der Waals surface area contributed by atoms with Gasteiger partial charge in [0, 0.05) is 18.9 Å². The Morgan fingerprint density at radius 2 is 2.10 bits per heavy atom. The van der Waals surface area contributed by atoms with Crippen LogP contribution in [0.1, 0.15) is 30.9 Å². The van der Waals surface area contributed by atoms with Gasteiger partial charge in [-0.1, -0.05) is 11.6 Å². The van der Waals surface area contributed by atoms with Crippen molar-refractivity contribution in [3.05, 3.63) is 22.7 Å². The molecule has 1 fully saturated rings. The van der Waals surface area contributed by atoms with Gasteiger partial charge in [0.05, 0.1) is 24.3 Å². The third-order valence-corrected chi connectivity index (χ3v) is 3.91. The van der Waals surface area contributed by atoms with Crippen molar-refractivity contribution >= 4 is 17.5 Å². The maximum atomic E-state index is 11.6. The Hall–Kier alpha value is -1.46. The van der Waals surface area contributed by atoms with Crippen LogP contribution in [0.4, 0.5) is 0 Å². The van der Waals surface area contributed by atoms with Gasteiger partial charge in [0.2, 0.25) is 5.91 Å². The van der Waals surface area contributed by atoms with E-state index in [1.807, 2.05) is 6.07 Å². The summed E-state index contributed by atoms with van der Waals surface area (Å²) in [6.07, 6.45) is 1.96. The van der Waals surface area contributed by atoms with E-state index >= 15 is 0 Å². The second kappa shape index (κ2) is 5.50. The van der Waals surface area contributed by atoms with Gasteiger partial charge in [-0.2, -0.15) is 0 Å². The van der Waals surface area contributed by atoms with Crippen LogP contribution < -0.4 is 20.5 Å². The molecule has 0 spiro atoms. The number of amides is 1. The molecule has 1 aromatic rings. The van der Waals surface area contributed by atoms with Gasteiger partial charge in [-0.25, -0.2) is 0 Å². The van der Waals surface area contributed by atoms with Crippen molar-refractivity contribution in [2.45, 2.75) is 31.3 Å². The van der Waals surface area contributed by atoms with Crippen LogP contribution in [0.3, 0.4) is 0 Å². The van der Waals surface area contributed by atoms with Crippen LogP contribution in [0.25, 0.3) is 0 Å². The Kier molecular flexibility index (Phi) is 3.72. The average Bonchev–Trinajstić information content (AvgIpc) is 2.67. The van der Waals surface area contributed by atoms with E-state index in [0.717, 1.165) is 12.0 Å². The molecule has 5 nitrogen and oxygen atoms in total. The number of hydrogen-bond acceptors (Lipinski definition) is 4. The summed E-state index contributed by atoms with van der Waals surface area (Å²) in [7, 11) is 0. The second-order valence-corrected chi connectivity index (χ2v) is 5.54. The molecule has 0 saturated carbocycles. The van der Waals surface area contributed by atoms with E-state index in [-0.39, 0.29) is 18.0 Å². The summed E-state index contributed by atoms with van der Waals surface area (Å²) in [6.45, 7) is 1.18. The van der Waals surface area contributed by atoms with Crippen molar-refractivity contribution in [1.29, 1.82) is 0 Å². The Balaban J connectivity index is 1.95. The van der Waals surface area contributed by atoms with Crippen molar-refractivity contribution in [2.24, 2.45) is 5.73 Å². The Morgan fingerprint density at radius 3 is 2.95 bits per heavy atom. The number of rotatable bonds is 1. The van der Waals surface area contributed by atoms with Crippen LogP contribution in [0, 0.1) is 0 Å². The number of halogens is 1. The molecule has 3 rings (SSSR count). The van der Waals surface area contributed by atoms with Gasteiger partial charge in [0.25, 0.3) is 0 Å². The fraction of sp³-hybridized carbons (Fsp3) is 0.500. The molecular weight excluding hydrogens is 280 g/mol. The lowest BCUT2D eigenvalue weighted by Gasteiger charge is -2.30. The largest absolute Gasteiger partial charge is 0.489 e. The zero-order chi connectivity index (χ0) is 14.1. The highest BCUT2D eigenvalue weighted by molar-refractivity contribution is 6.32. The third-order valence-electron chi connectivity index (χ3n) is 3.63. The molecule has 2 heterocycles. The Labute approximate surface area is 122 Å². The second-order valence-electron chi connectivity index (χ2n) is 5.13. The van der Waals surface area contributed by atoms with Crippen LogP contribution in [0.5, 0.6) is 11.5 Å². The summed E-state index contributed by atoms with van der Waals surface area (Å²) < 4.78 is 11.3. The van der Waals surface area contributed by atoms with Gasteiger partial charge < -0.3 is 20.5 Å². The number of hydrogen-bond donors (Lipinski definition) is 2. The molecule has 0 radical (unpaired) electrons. The van der Waals surface area contributed by atoms with E-state index in [4.69, 9.17) is 26.8 Å². The molecule has 0 bridgehead atoms. The van der Waals surface area contributed by atoms with Gasteiger partial charge in [-0.05, 0) is 24.1 Å². The zero-order valence-electron chi connectivity index (χ0n) is 11.0. The highest BCUT2D eigenvalue weighted by Gasteiger charge is 2.29. The summed E-state index contributed by atoms with van der Waals surface area (Å²) in [4.78, 5) is 11.6. The number of ether oxygens (including phenoxy) is 2. The van der Waals surface area contributed by atoms with Gasteiger partial charge in [0.1, 0.15) is 0 Å². The highest BCUT2D eigenvalue weighted by Crippen LogP contribution is 2.40. The number of benzene rings is 1. The van der Waals surface area contributed by atoms with Crippen molar-refractivity contribution < 1.29 is 14.3 Å². The number of carbonyl (C=O) groups excluding carboxylic acids is 1. The van der Waals surface area contributed by atoms with E-state index in [2.05, 4.69) is 5.32 Å². The summed E-state index contributed by atoms with van der Waals surface area (Å²) in [5, 5.41) is 3.41. The molecule has 2 atom stereocenters. The standard InChI is InChI=1S/C14H17ClN2O3/c15-9-6-8(13-10(16)2-3-12(18)17-13)7-11-14(9)20-5-1-4-19-11/h6-7,10,13H,1-5,16H2,(H,17,18). The monoisotopic (exact) mass is 296 g/mol. The van der Waals surface area contributed by atoms with Crippen molar-refractivity contribution in [1.82, 2.24) is 5.32 Å². The first kappa shape index (κ1) is 13.5. The van der Waals surface area contributed by atoms with E-state index < -0.39 is 0 Å². The van der Waals surface area contributed by atoms with Gasteiger partial charge >= 0.3 is 0 Å². The van der Waals surface area contributed by atoms with Gasteiger partial charge in [-0.3, -0.25) is 4.79 Å². The predicted molar refractivity (Wildman–Crippen MR) is 75.2 cm³/mol. The molecule has 0 aromatic heterocycles. The number of carbonyl (C=O) groups is 1. The molecule has 2 unspecified atom stereocenters. The van der Waals surface area contributed by atoms with Crippen LogP contribution in [-0.4, -0.2) is 25.2 Å². The number of fused-ring (bicyclic) bond motifs is 1. The van der Waals surface area contributed by atoms with Gasteiger partial charge in [-0.15, -0.1) is 0 Å². The number of nitrogens with one attached hydrogen (secondary N) is 1. The molecule has 108 valence electrons. The van der Waals surface area contributed by atoms with Crippen molar-refractivity contribution in [3.63, 3.8) is 0 Å². The summed E-state index contributed by atoms with van der Waals surface area (Å²) in [5.74, 6) is 1.21. The first-order chi connectivity index (χ1) is 9.65. The maximum Gasteiger partial charge on any atom is 0.220 e. The van der Waals surface area contributed by atoms with Gasteiger partial charge in [0.15, 0.2) is 11.5 Å². The molecular formula is C14H17ClN2O3. The first-order valence-corrected chi connectivity index (χ1v) is 7.17. The topological polar surface area (TPSA) is 73.6 Å². The Morgan fingerprint density at radius 1 is 1.30 bits per heavy atom. The minimum atomic E-state index is -0.231. The molecule has 1 aromatic carbocycles. The molecule has 20 heavy (non-hydrogen) atoms. The van der Waals surface area contributed by atoms with Crippen LogP contribution >= 0.6 is 11.6 Å². The van der Waals surface area contributed by atoms with E-state index in [1.54, 1.807) is 6.07 Å². The highest BCUT2D eigenvalue weighted by atomic mass is 35.5. The summed E-state index contributed by atoms with van der Waals surface area (Å²) >= 11 is 6.26. The average molecular weight is 297 g/mol. The van der Waals surface area contributed by atoms with Crippen LogP contribution in [0.2, 0.25) is 5.02 Å². The first-order valence-electron chi connectivity index (χ1n) is 6.79. The lowest BCUT2D eigenvalue weighted by atomic mass is 9.92. The normalized spacial score (nSPS) is 25.8.